The van der Waals surface area contributed by atoms with Crippen LogP contribution in [0.3, 0.4) is 0 Å². The second kappa shape index (κ2) is 7.19. The molecular weight excluding hydrogens is 246 g/mol. The molecule has 112 valence electrons. The van der Waals surface area contributed by atoms with E-state index in [9.17, 15) is 0 Å². The van der Waals surface area contributed by atoms with Crippen molar-refractivity contribution < 1.29 is 0 Å². The van der Waals surface area contributed by atoms with E-state index < -0.39 is 0 Å². The summed E-state index contributed by atoms with van der Waals surface area (Å²) in [5, 5.41) is 3.76. The highest BCUT2D eigenvalue weighted by Gasteiger charge is 2.41. The number of likely N-dealkylation sites (N-methyl/N-ethyl adjacent to an activating group) is 2. The van der Waals surface area contributed by atoms with Gasteiger partial charge in [-0.3, -0.25) is 4.98 Å². The molecule has 0 bridgehead atoms. The van der Waals surface area contributed by atoms with Crippen molar-refractivity contribution in [3.05, 3.63) is 30.1 Å². The summed E-state index contributed by atoms with van der Waals surface area (Å²) in [4.78, 5) is 6.61. The Bertz CT molecular complexity index is 382. The van der Waals surface area contributed by atoms with Crippen molar-refractivity contribution in [3.8, 4) is 0 Å². The van der Waals surface area contributed by atoms with Crippen molar-refractivity contribution in [1.82, 2.24) is 15.2 Å². The largest absolute Gasteiger partial charge is 0.312 e. The topological polar surface area (TPSA) is 28.2 Å². The highest BCUT2D eigenvalue weighted by molar-refractivity contribution is 5.15. The predicted molar refractivity (Wildman–Crippen MR) is 84.9 cm³/mol. The third-order valence-corrected chi connectivity index (χ3v) is 4.90. The van der Waals surface area contributed by atoms with Gasteiger partial charge in [-0.25, -0.2) is 0 Å². The standard InChI is InChI=1S/C17H29N3/c1-4-19-16(14-15-8-12-18-13-9-15)17(20(2)3)10-6-5-7-11-17/h8-9,12-13,16,19H,4-7,10-11,14H2,1-3H3. The van der Waals surface area contributed by atoms with Crippen LogP contribution in [0, 0.1) is 0 Å². The molecule has 1 saturated carbocycles. The van der Waals surface area contributed by atoms with Gasteiger partial charge in [-0.15, -0.1) is 0 Å². The zero-order valence-electron chi connectivity index (χ0n) is 13.2. The lowest BCUT2D eigenvalue weighted by atomic mass is 9.73. The van der Waals surface area contributed by atoms with Crippen LogP contribution in [-0.2, 0) is 6.42 Å². The van der Waals surface area contributed by atoms with Gasteiger partial charge in [-0.05, 0) is 57.6 Å². The molecule has 0 aromatic carbocycles. The fraction of sp³-hybridized carbons (Fsp3) is 0.706. The minimum absolute atomic E-state index is 0.303. The van der Waals surface area contributed by atoms with Gasteiger partial charge in [0.05, 0.1) is 0 Å². The Balaban J connectivity index is 2.20. The fourth-order valence-electron chi connectivity index (χ4n) is 3.72. The Kier molecular flexibility index (Phi) is 5.55. The zero-order chi connectivity index (χ0) is 14.4. The smallest absolute Gasteiger partial charge is 0.0359 e. The summed E-state index contributed by atoms with van der Waals surface area (Å²) in [5.41, 5.74) is 1.69. The van der Waals surface area contributed by atoms with Crippen molar-refractivity contribution in [2.45, 2.75) is 57.0 Å². The van der Waals surface area contributed by atoms with Crippen LogP contribution < -0.4 is 5.32 Å². The summed E-state index contributed by atoms with van der Waals surface area (Å²) in [7, 11) is 4.50. The Labute approximate surface area is 123 Å². The van der Waals surface area contributed by atoms with E-state index >= 15 is 0 Å². The number of rotatable bonds is 6. The van der Waals surface area contributed by atoms with Gasteiger partial charge >= 0.3 is 0 Å². The molecule has 1 aromatic rings. The molecule has 0 aliphatic heterocycles. The maximum absolute atomic E-state index is 4.13. The fourth-order valence-corrected chi connectivity index (χ4v) is 3.72. The van der Waals surface area contributed by atoms with Crippen LogP contribution in [0.15, 0.2) is 24.5 Å². The first-order valence-electron chi connectivity index (χ1n) is 7.99. The first-order valence-corrected chi connectivity index (χ1v) is 7.99. The summed E-state index contributed by atoms with van der Waals surface area (Å²) < 4.78 is 0. The van der Waals surface area contributed by atoms with E-state index in [0.717, 1.165) is 13.0 Å². The van der Waals surface area contributed by atoms with Gasteiger partial charge in [-0.1, -0.05) is 26.2 Å². The third kappa shape index (κ3) is 3.39. The van der Waals surface area contributed by atoms with Crippen LogP contribution in [0.1, 0.15) is 44.6 Å². The molecular formula is C17H29N3. The van der Waals surface area contributed by atoms with Crippen LogP contribution in [0.2, 0.25) is 0 Å². The van der Waals surface area contributed by atoms with E-state index in [0.29, 0.717) is 11.6 Å². The van der Waals surface area contributed by atoms with Gasteiger partial charge in [0.1, 0.15) is 0 Å². The van der Waals surface area contributed by atoms with Gasteiger partial charge in [0.25, 0.3) is 0 Å². The average molecular weight is 275 g/mol. The highest BCUT2D eigenvalue weighted by Crippen LogP contribution is 2.36. The lowest BCUT2D eigenvalue weighted by molar-refractivity contribution is 0.0575. The Morgan fingerprint density at radius 3 is 2.40 bits per heavy atom. The second-order valence-electron chi connectivity index (χ2n) is 6.23. The van der Waals surface area contributed by atoms with Gasteiger partial charge in [0.2, 0.25) is 0 Å². The van der Waals surface area contributed by atoms with Crippen LogP contribution >= 0.6 is 0 Å². The first kappa shape index (κ1) is 15.5. The van der Waals surface area contributed by atoms with Crippen LogP contribution in [0.4, 0.5) is 0 Å². The van der Waals surface area contributed by atoms with E-state index in [1.165, 1.54) is 37.7 Å². The molecule has 0 radical (unpaired) electrons. The molecule has 1 fully saturated rings. The van der Waals surface area contributed by atoms with E-state index in [-0.39, 0.29) is 0 Å². The first-order chi connectivity index (χ1) is 9.69. The van der Waals surface area contributed by atoms with Gasteiger partial charge in [-0.2, -0.15) is 0 Å². The van der Waals surface area contributed by atoms with Crippen molar-refractivity contribution in [1.29, 1.82) is 0 Å². The number of pyridine rings is 1. The van der Waals surface area contributed by atoms with E-state index in [1.54, 1.807) is 0 Å². The lowest BCUT2D eigenvalue weighted by Crippen LogP contribution is -2.60. The summed E-state index contributed by atoms with van der Waals surface area (Å²) in [6, 6.07) is 4.82. The summed E-state index contributed by atoms with van der Waals surface area (Å²) in [5.74, 6) is 0. The molecule has 3 heteroatoms. The Hall–Kier alpha value is -0.930. The molecule has 1 N–H and O–H groups in total. The summed E-state index contributed by atoms with van der Waals surface area (Å²) in [6.45, 7) is 3.25. The minimum atomic E-state index is 0.303. The molecule has 2 rings (SSSR count). The molecule has 1 unspecified atom stereocenters. The maximum atomic E-state index is 4.13. The summed E-state index contributed by atoms with van der Waals surface area (Å²) in [6.07, 6.45) is 11.6. The molecule has 0 amide bonds. The molecule has 3 nitrogen and oxygen atoms in total. The van der Waals surface area contributed by atoms with Crippen LogP contribution in [0.5, 0.6) is 0 Å². The van der Waals surface area contributed by atoms with Gasteiger partial charge in [0.15, 0.2) is 0 Å². The molecule has 20 heavy (non-hydrogen) atoms. The van der Waals surface area contributed by atoms with E-state index in [2.05, 4.69) is 48.4 Å². The maximum Gasteiger partial charge on any atom is 0.0359 e. The van der Waals surface area contributed by atoms with E-state index in [4.69, 9.17) is 0 Å². The quantitative estimate of drug-likeness (QED) is 0.865. The Morgan fingerprint density at radius 1 is 1.20 bits per heavy atom. The number of hydrogen-bond acceptors (Lipinski definition) is 3. The molecule has 0 saturated heterocycles. The monoisotopic (exact) mass is 275 g/mol. The molecule has 1 aliphatic carbocycles. The second-order valence-corrected chi connectivity index (χ2v) is 6.23. The third-order valence-electron chi connectivity index (χ3n) is 4.90. The number of hydrogen-bond donors (Lipinski definition) is 1. The lowest BCUT2D eigenvalue weighted by Gasteiger charge is -2.49. The number of nitrogens with one attached hydrogen (secondary N) is 1. The van der Waals surface area contributed by atoms with Crippen molar-refractivity contribution >= 4 is 0 Å². The minimum Gasteiger partial charge on any atom is -0.312 e. The predicted octanol–water partition coefficient (Wildman–Crippen LogP) is 2.87. The SMILES string of the molecule is CCNC(Cc1ccncc1)C1(N(C)C)CCCCC1. The molecule has 1 aliphatic rings. The van der Waals surface area contributed by atoms with Crippen molar-refractivity contribution in [2.75, 3.05) is 20.6 Å². The number of aromatic nitrogens is 1. The molecule has 1 heterocycles. The van der Waals surface area contributed by atoms with E-state index in [1.807, 2.05) is 12.4 Å². The normalized spacial score (nSPS) is 20.0. The van der Waals surface area contributed by atoms with Crippen LogP contribution in [0.25, 0.3) is 0 Å². The van der Waals surface area contributed by atoms with Crippen LogP contribution in [-0.4, -0.2) is 42.1 Å². The highest BCUT2D eigenvalue weighted by atomic mass is 15.2. The number of nitrogens with zero attached hydrogens (tertiary/aromatic N) is 2. The van der Waals surface area contributed by atoms with Crippen molar-refractivity contribution in [2.24, 2.45) is 0 Å². The zero-order valence-corrected chi connectivity index (χ0v) is 13.2. The van der Waals surface area contributed by atoms with Gasteiger partial charge in [0, 0.05) is 24.0 Å². The van der Waals surface area contributed by atoms with Gasteiger partial charge < -0.3 is 10.2 Å². The average Bonchev–Trinajstić information content (AvgIpc) is 2.48. The molecule has 0 spiro atoms. The Morgan fingerprint density at radius 2 is 1.85 bits per heavy atom. The summed E-state index contributed by atoms with van der Waals surface area (Å²) >= 11 is 0. The van der Waals surface area contributed by atoms with Crippen molar-refractivity contribution in [3.63, 3.8) is 0 Å². The molecule has 1 atom stereocenters. The molecule has 1 aromatic heterocycles.